The van der Waals surface area contributed by atoms with Gasteiger partial charge in [-0.1, -0.05) is 28.9 Å². The standard InChI is InChI=1S/C19H17ClFN5O/c1-11-4-3-5-14(18(11)20)19(27)25-10-15-16(8-12(25)2)26(24-23-15)17-9-13(21)6-7-22-17/h3-7,9,12H,8,10H2,1-2H3/t12-/m0/s1. The zero-order chi connectivity index (χ0) is 19.1. The molecule has 27 heavy (non-hydrogen) atoms. The van der Waals surface area contributed by atoms with E-state index in [1.165, 1.54) is 23.0 Å². The fourth-order valence-electron chi connectivity index (χ4n) is 3.30. The lowest BCUT2D eigenvalue weighted by atomic mass is 10.0. The van der Waals surface area contributed by atoms with Gasteiger partial charge in [0.2, 0.25) is 0 Å². The smallest absolute Gasteiger partial charge is 0.255 e. The fraction of sp³-hybridized carbons (Fsp3) is 0.263. The maximum absolute atomic E-state index is 13.5. The van der Waals surface area contributed by atoms with Crippen LogP contribution in [-0.4, -0.2) is 36.8 Å². The van der Waals surface area contributed by atoms with Crippen molar-refractivity contribution in [1.82, 2.24) is 24.9 Å². The van der Waals surface area contributed by atoms with E-state index in [1.807, 2.05) is 26.0 Å². The molecule has 3 aromatic rings. The molecule has 0 spiro atoms. The molecule has 138 valence electrons. The van der Waals surface area contributed by atoms with Crippen LogP contribution in [0, 0.1) is 12.7 Å². The van der Waals surface area contributed by atoms with Crippen LogP contribution >= 0.6 is 11.6 Å². The second-order valence-electron chi connectivity index (χ2n) is 6.65. The van der Waals surface area contributed by atoms with Crippen molar-refractivity contribution in [3.05, 3.63) is 69.9 Å². The third kappa shape index (κ3) is 3.08. The lowest BCUT2D eigenvalue weighted by Crippen LogP contribution is -2.43. The Labute approximate surface area is 160 Å². The zero-order valence-corrected chi connectivity index (χ0v) is 15.6. The third-order valence-corrected chi connectivity index (χ3v) is 5.29. The van der Waals surface area contributed by atoms with Crippen molar-refractivity contribution in [2.24, 2.45) is 0 Å². The van der Waals surface area contributed by atoms with Crippen LogP contribution in [0.5, 0.6) is 0 Å². The lowest BCUT2D eigenvalue weighted by molar-refractivity contribution is 0.0653. The molecule has 1 atom stereocenters. The van der Waals surface area contributed by atoms with Gasteiger partial charge in [0, 0.05) is 24.7 Å². The Balaban J connectivity index is 1.67. The molecular formula is C19H17ClFN5O. The normalized spacial score (nSPS) is 16.3. The Bertz CT molecular complexity index is 1030. The van der Waals surface area contributed by atoms with E-state index in [4.69, 9.17) is 11.6 Å². The summed E-state index contributed by atoms with van der Waals surface area (Å²) in [4.78, 5) is 18.9. The number of halogens is 2. The number of carbonyl (C=O) groups is 1. The molecule has 0 bridgehead atoms. The predicted octanol–water partition coefficient (Wildman–Crippen LogP) is 3.35. The summed E-state index contributed by atoms with van der Waals surface area (Å²) >= 11 is 6.33. The van der Waals surface area contributed by atoms with E-state index in [0.717, 1.165) is 11.3 Å². The van der Waals surface area contributed by atoms with Gasteiger partial charge >= 0.3 is 0 Å². The summed E-state index contributed by atoms with van der Waals surface area (Å²) in [6.45, 7) is 4.14. The van der Waals surface area contributed by atoms with E-state index < -0.39 is 0 Å². The van der Waals surface area contributed by atoms with Crippen molar-refractivity contribution in [3.63, 3.8) is 0 Å². The molecule has 2 aromatic heterocycles. The number of rotatable bonds is 2. The van der Waals surface area contributed by atoms with E-state index in [1.54, 1.807) is 11.0 Å². The van der Waals surface area contributed by atoms with Crippen LogP contribution in [0.4, 0.5) is 4.39 Å². The van der Waals surface area contributed by atoms with E-state index in [2.05, 4.69) is 15.3 Å². The molecule has 3 heterocycles. The van der Waals surface area contributed by atoms with Gasteiger partial charge in [0.15, 0.2) is 5.82 Å². The highest BCUT2D eigenvalue weighted by molar-refractivity contribution is 6.34. The second kappa shape index (κ2) is 6.74. The minimum Gasteiger partial charge on any atom is -0.329 e. The molecule has 8 heteroatoms. The van der Waals surface area contributed by atoms with Gasteiger partial charge in [0.1, 0.15) is 11.5 Å². The van der Waals surface area contributed by atoms with Crippen LogP contribution in [0.2, 0.25) is 5.02 Å². The summed E-state index contributed by atoms with van der Waals surface area (Å²) in [5.74, 6) is -0.156. The third-order valence-electron chi connectivity index (χ3n) is 4.79. The summed E-state index contributed by atoms with van der Waals surface area (Å²) in [6.07, 6.45) is 1.93. The molecule has 0 radical (unpaired) electrons. The van der Waals surface area contributed by atoms with E-state index in [9.17, 15) is 9.18 Å². The SMILES string of the molecule is Cc1cccc(C(=O)N2Cc3nnn(-c4cc(F)ccn4)c3C[C@@H]2C)c1Cl. The molecule has 4 rings (SSSR count). The summed E-state index contributed by atoms with van der Waals surface area (Å²) in [7, 11) is 0. The highest BCUT2D eigenvalue weighted by Crippen LogP contribution is 2.28. The van der Waals surface area contributed by atoms with Gasteiger partial charge in [-0.05, 0) is 31.5 Å². The largest absolute Gasteiger partial charge is 0.329 e. The van der Waals surface area contributed by atoms with Crippen LogP contribution in [0.25, 0.3) is 5.82 Å². The molecule has 0 aliphatic carbocycles. The molecule has 1 aliphatic heterocycles. The van der Waals surface area contributed by atoms with Gasteiger partial charge in [-0.25, -0.2) is 9.37 Å². The quantitative estimate of drug-likeness (QED) is 0.678. The molecule has 0 saturated heterocycles. The van der Waals surface area contributed by atoms with E-state index in [0.29, 0.717) is 35.1 Å². The molecule has 1 amide bonds. The van der Waals surface area contributed by atoms with Gasteiger partial charge in [-0.2, -0.15) is 4.68 Å². The lowest BCUT2D eigenvalue weighted by Gasteiger charge is -2.33. The van der Waals surface area contributed by atoms with Gasteiger partial charge in [0.05, 0.1) is 22.8 Å². The molecule has 0 unspecified atom stereocenters. The Morgan fingerprint density at radius 2 is 2.15 bits per heavy atom. The molecule has 1 aromatic carbocycles. The van der Waals surface area contributed by atoms with Gasteiger partial charge in [-0.3, -0.25) is 4.79 Å². The van der Waals surface area contributed by atoms with Crippen LogP contribution in [0.3, 0.4) is 0 Å². The van der Waals surface area contributed by atoms with E-state index in [-0.39, 0.29) is 17.8 Å². The highest BCUT2D eigenvalue weighted by atomic mass is 35.5. The first-order chi connectivity index (χ1) is 13.0. The van der Waals surface area contributed by atoms with Crippen molar-refractivity contribution in [1.29, 1.82) is 0 Å². The fourth-order valence-corrected chi connectivity index (χ4v) is 3.51. The van der Waals surface area contributed by atoms with Gasteiger partial charge in [0.25, 0.3) is 5.91 Å². The number of pyridine rings is 1. The van der Waals surface area contributed by atoms with Crippen LogP contribution < -0.4 is 0 Å². The van der Waals surface area contributed by atoms with Crippen molar-refractivity contribution in [3.8, 4) is 5.82 Å². The molecule has 0 N–H and O–H groups in total. The first-order valence-corrected chi connectivity index (χ1v) is 8.95. The van der Waals surface area contributed by atoms with Crippen LogP contribution in [0.1, 0.15) is 34.2 Å². The Morgan fingerprint density at radius 3 is 2.93 bits per heavy atom. The van der Waals surface area contributed by atoms with E-state index >= 15 is 0 Å². The minimum atomic E-state index is -0.390. The average Bonchev–Trinajstić information content (AvgIpc) is 3.05. The maximum Gasteiger partial charge on any atom is 0.255 e. The van der Waals surface area contributed by atoms with Crippen molar-refractivity contribution in [2.75, 3.05) is 0 Å². The van der Waals surface area contributed by atoms with Crippen molar-refractivity contribution in [2.45, 2.75) is 32.9 Å². The topological polar surface area (TPSA) is 63.9 Å². The highest BCUT2D eigenvalue weighted by Gasteiger charge is 2.32. The first kappa shape index (κ1) is 17.6. The molecular weight excluding hydrogens is 369 g/mol. The first-order valence-electron chi connectivity index (χ1n) is 8.57. The minimum absolute atomic E-state index is 0.0904. The molecule has 0 saturated carbocycles. The maximum atomic E-state index is 13.5. The summed E-state index contributed by atoms with van der Waals surface area (Å²) in [6, 6.07) is 7.92. The van der Waals surface area contributed by atoms with Crippen LogP contribution in [-0.2, 0) is 13.0 Å². The monoisotopic (exact) mass is 385 g/mol. The molecule has 6 nitrogen and oxygen atoms in total. The van der Waals surface area contributed by atoms with Crippen molar-refractivity contribution >= 4 is 17.5 Å². The van der Waals surface area contributed by atoms with Gasteiger partial charge in [-0.15, -0.1) is 5.10 Å². The van der Waals surface area contributed by atoms with Crippen molar-refractivity contribution < 1.29 is 9.18 Å². The molecule has 0 fully saturated rings. The summed E-state index contributed by atoms with van der Waals surface area (Å²) in [5.41, 5.74) is 2.85. The number of aryl methyl sites for hydroxylation is 1. The Morgan fingerprint density at radius 1 is 1.33 bits per heavy atom. The van der Waals surface area contributed by atoms with Crippen LogP contribution in [0.15, 0.2) is 36.5 Å². The Hall–Kier alpha value is -2.80. The number of amides is 1. The number of hydrogen-bond acceptors (Lipinski definition) is 4. The Kier molecular flexibility index (Phi) is 4.39. The predicted molar refractivity (Wildman–Crippen MR) is 98.3 cm³/mol. The average molecular weight is 386 g/mol. The number of nitrogens with zero attached hydrogens (tertiary/aromatic N) is 5. The molecule has 1 aliphatic rings. The number of aromatic nitrogens is 4. The number of benzene rings is 1. The number of hydrogen-bond donors (Lipinski definition) is 0. The number of fused-ring (bicyclic) bond motifs is 1. The zero-order valence-electron chi connectivity index (χ0n) is 14.9. The second-order valence-corrected chi connectivity index (χ2v) is 7.03. The summed E-state index contributed by atoms with van der Waals surface area (Å²) in [5, 5.41) is 8.77. The van der Waals surface area contributed by atoms with Gasteiger partial charge < -0.3 is 4.90 Å². The number of carbonyl (C=O) groups excluding carboxylic acids is 1. The summed E-state index contributed by atoms with van der Waals surface area (Å²) < 4.78 is 15.1.